The highest BCUT2D eigenvalue weighted by molar-refractivity contribution is 9.11. The Bertz CT molecular complexity index is 397. The lowest BCUT2D eigenvalue weighted by Crippen LogP contribution is -2.27. The summed E-state index contributed by atoms with van der Waals surface area (Å²) >= 11 is 7.00. The van der Waals surface area contributed by atoms with E-state index >= 15 is 0 Å². The van der Waals surface area contributed by atoms with E-state index in [4.69, 9.17) is 10.5 Å². The van der Waals surface area contributed by atoms with Crippen molar-refractivity contribution in [2.45, 2.75) is 13.8 Å². The van der Waals surface area contributed by atoms with Crippen LogP contribution in [0.5, 0.6) is 5.75 Å². The first-order chi connectivity index (χ1) is 8.49. The molecule has 0 aromatic heterocycles. The molecule has 18 heavy (non-hydrogen) atoms. The number of ether oxygens (including phenoxy) is 1. The maximum Gasteiger partial charge on any atom is 0.135 e. The van der Waals surface area contributed by atoms with Gasteiger partial charge in [-0.15, -0.1) is 0 Å². The van der Waals surface area contributed by atoms with Crippen LogP contribution < -0.4 is 15.8 Å². The Hall–Kier alpha value is -0.260. The molecule has 1 rings (SSSR count). The summed E-state index contributed by atoms with van der Waals surface area (Å²) in [5.41, 5.74) is 6.79. The monoisotopic (exact) mass is 378 g/mol. The van der Waals surface area contributed by atoms with Crippen molar-refractivity contribution in [3.05, 3.63) is 21.1 Å². The van der Waals surface area contributed by atoms with Crippen LogP contribution in [0.4, 0.5) is 5.69 Å². The predicted octanol–water partition coefficient (Wildman–Crippen LogP) is 3.86. The fourth-order valence-electron chi connectivity index (χ4n) is 1.65. The Morgan fingerprint density at radius 1 is 1.28 bits per heavy atom. The molecule has 1 unspecified atom stereocenters. The number of hydrogen-bond acceptors (Lipinski definition) is 3. The quantitative estimate of drug-likeness (QED) is 0.788. The SMILES string of the molecule is COc1cc(NCC(CN)C(C)C)c(Br)cc1Br. The van der Waals surface area contributed by atoms with Gasteiger partial charge in [-0.05, 0) is 56.3 Å². The van der Waals surface area contributed by atoms with Crippen LogP contribution in [0.1, 0.15) is 13.8 Å². The largest absolute Gasteiger partial charge is 0.495 e. The zero-order chi connectivity index (χ0) is 13.7. The molecule has 1 aromatic rings. The summed E-state index contributed by atoms with van der Waals surface area (Å²) in [6.07, 6.45) is 0. The van der Waals surface area contributed by atoms with E-state index in [1.54, 1.807) is 7.11 Å². The fourth-order valence-corrected chi connectivity index (χ4v) is 2.95. The summed E-state index contributed by atoms with van der Waals surface area (Å²) < 4.78 is 7.23. The van der Waals surface area contributed by atoms with E-state index in [2.05, 4.69) is 51.0 Å². The highest BCUT2D eigenvalue weighted by atomic mass is 79.9. The maximum atomic E-state index is 5.77. The van der Waals surface area contributed by atoms with Crippen LogP contribution in [-0.4, -0.2) is 20.2 Å². The molecule has 0 radical (unpaired) electrons. The van der Waals surface area contributed by atoms with Crippen LogP contribution in [0.3, 0.4) is 0 Å². The van der Waals surface area contributed by atoms with Crippen molar-refractivity contribution in [3.8, 4) is 5.75 Å². The van der Waals surface area contributed by atoms with Crippen molar-refractivity contribution in [2.75, 3.05) is 25.5 Å². The van der Waals surface area contributed by atoms with Gasteiger partial charge in [-0.2, -0.15) is 0 Å². The fraction of sp³-hybridized carbons (Fsp3) is 0.538. The van der Waals surface area contributed by atoms with Gasteiger partial charge in [0.05, 0.1) is 17.3 Å². The molecular weight excluding hydrogens is 360 g/mol. The van der Waals surface area contributed by atoms with E-state index in [0.717, 1.165) is 26.9 Å². The number of hydrogen-bond donors (Lipinski definition) is 2. The Morgan fingerprint density at radius 2 is 1.94 bits per heavy atom. The number of nitrogens with one attached hydrogen (secondary N) is 1. The average molecular weight is 380 g/mol. The third-order valence-electron chi connectivity index (χ3n) is 3.04. The van der Waals surface area contributed by atoms with E-state index < -0.39 is 0 Å². The van der Waals surface area contributed by atoms with Gasteiger partial charge in [0.15, 0.2) is 0 Å². The van der Waals surface area contributed by atoms with Gasteiger partial charge in [0.25, 0.3) is 0 Å². The van der Waals surface area contributed by atoms with Gasteiger partial charge in [0.2, 0.25) is 0 Å². The van der Waals surface area contributed by atoms with Gasteiger partial charge in [0, 0.05) is 17.1 Å². The summed E-state index contributed by atoms with van der Waals surface area (Å²) in [5.74, 6) is 1.85. The van der Waals surface area contributed by atoms with Crippen molar-refractivity contribution < 1.29 is 4.74 Å². The number of anilines is 1. The van der Waals surface area contributed by atoms with Crippen LogP contribution >= 0.6 is 31.9 Å². The maximum absolute atomic E-state index is 5.77. The van der Waals surface area contributed by atoms with Gasteiger partial charge in [0.1, 0.15) is 5.75 Å². The lowest BCUT2D eigenvalue weighted by molar-refractivity contribution is 0.409. The highest BCUT2D eigenvalue weighted by Crippen LogP contribution is 2.34. The number of halogens is 2. The van der Waals surface area contributed by atoms with Crippen LogP contribution in [0.15, 0.2) is 21.1 Å². The smallest absolute Gasteiger partial charge is 0.135 e. The average Bonchev–Trinajstić information content (AvgIpc) is 2.31. The van der Waals surface area contributed by atoms with Gasteiger partial charge in [-0.1, -0.05) is 13.8 Å². The van der Waals surface area contributed by atoms with Gasteiger partial charge < -0.3 is 15.8 Å². The van der Waals surface area contributed by atoms with Crippen molar-refractivity contribution in [1.29, 1.82) is 0 Å². The summed E-state index contributed by atoms with van der Waals surface area (Å²) in [6, 6.07) is 3.95. The number of nitrogens with two attached hydrogens (primary N) is 1. The first-order valence-corrected chi connectivity index (χ1v) is 7.55. The van der Waals surface area contributed by atoms with Gasteiger partial charge in [-0.3, -0.25) is 0 Å². The summed E-state index contributed by atoms with van der Waals surface area (Å²) in [6.45, 7) is 5.93. The molecule has 0 saturated carbocycles. The molecule has 0 fully saturated rings. The van der Waals surface area contributed by atoms with Crippen molar-refractivity contribution in [3.63, 3.8) is 0 Å². The molecule has 0 saturated heterocycles. The topological polar surface area (TPSA) is 47.3 Å². The minimum absolute atomic E-state index is 0.464. The van der Waals surface area contributed by atoms with Crippen LogP contribution in [-0.2, 0) is 0 Å². The first kappa shape index (κ1) is 15.8. The number of rotatable bonds is 6. The molecular formula is C13H20Br2N2O. The van der Waals surface area contributed by atoms with Gasteiger partial charge in [-0.25, -0.2) is 0 Å². The zero-order valence-corrected chi connectivity index (χ0v) is 14.1. The summed E-state index contributed by atoms with van der Waals surface area (Å²) in [5, 5.41) is 3.42. The first-order valence-electron chi connectivity index (χ1n) is 5.96. The Kier molecular flexibility index (Phi) is 6.46. The van der Waals surface area contributed by atoms with E-state index in [9.17, 15) is 0 Å². The third kappa shape index (κ3) is 4.14. The van der Waals surface area contributed by atoms with E-state index in [-0.39, 0.29) is 0 Å². The van der Waals surface area contributed by atoms with E-state index in [1.807, 2.05) is 12.1 Å². The second-order valence-electron chi connectivity index (χ2n) is 4.59. The van der Waals surface area contributed by atoms with Crippen LogP contribution in [0.2, 0.25) is 0 Å². The predicted molar refractivity (Wildman–Crippen MR) is 84.3 cm³/mol. The van der Waals surface area contributed by atoms with Gasteiger partial charge >= 0.3 is 0 Å². The molecule has 3 N–H and O–H groups in total. The molecule has 0 aliphatic carbocycles. The zero-order valence-electron chi connectivity index (χ0n) is 11.0. The molecule has 0 aliphatic heterocycles. The lowest BCUT2D eigenvalue weighted by atomic mass is 9.96. The molecule has 5 heteroatoms. The highest BCUT2D eigenvalue weighted by Gasteiger charge is 2.13. The van der Waals surface area contributed by atoms with Crippen molar-refractivity contribution >= 4 is 37.5 Å². The second-order valence-corrected chi connectivity index (χ2v) is 6.30. The molecule has 0 aliphatic rings. The normalized spacial score (nSPS) is 12.6. The number of methoxy groups -OCH3 is 1. The van der Waals surface area contributed by atoms with Crippen LogP contribution in [0, 0.1) is 11.8 Å². The lowest BCUT2D eigenvalue weighted by Gasteiger charge is -2.21. The minimum Gasteiger partial charge on any atom is -0.495 e. The summed E-state index contributed by atoms with van der Waals surface area (Å²) in [7, 11) is 1.66. The second kappa shape index (κ2) is 7.36. The van der Waals surface area contributed by atoms with Crippen molar-refractivity contribution in [1.82, 2.24) is 0 Å². The molecule has 1 atom stereocenters. The molecule has 0 heterocycles. The summed E-state index contributed by atoms with van der Waals surface area (Å²) in [4.78, 5) is 0. The molecule has 102 valence electrons. The molecule has 0 bridgehead atoms. The molecule has 1 aromatic carbocycles. The minimum atomic E-state index is 0.464. The Balaban J connectivity index is 2.78. The van der Waals surface area contributed by atoms with Crippen molar-refractivity contribution in [2.24, 2.45) is 17.6 Å². The standard InChI is InChI=1S/C13H20Br2N2O/c1-8(2)9(6-16)7-17-12-5-13(18-3)11(15)4-10(12)14/h4-5,8-9,17H,6-7,16H2,1-3H3. The third-order valence-corrected chi connectivity index (χ3v) is 4.32. The van der Waals surface area contributed by atoms with E-state index in [1.165, 1.54) is 0 Å². The Morgan fingerprint density at radius 3 is 2.44 bits per heavy atom. The molecule has 0 amide bonds. The molecule has 3 nitrogen and oxygen atoms in total. The molecule has 0 spiro atoms. The number of benzene rings is 1. The Labute approximate surface area is 126 Å². The van der Waals surface area contributed by atoms with Crippen LogP contribution in [0.25, 0.3) is 0 Å². The van der Waals surface area contributed by atoms with E-state index in [0.29, 0.717) is 18.4 Å².